The zero-order chi connectivity index (χ0) is 17.4. The molecule has 0 unspecified atom stereocenters. The van der Waals surface area contributed by atoms with E-state index in [4.69, 9.17) is 4.74 Å². The van der Waals surface area contributed by atoms with Crippen LogP contribution in [-0.4, -0.2) is 52.5 Å². The summed E-state index contributed by atoms with van der Waals surface area (Å²) < 4.78 is 7.99. The number of hydrogen-bond donors (Lipinski definition) is 0. The van der Waals surface area contributed by atoms with Crippen molar-refractivity contribution in [1.82, 2.24) is 19.7 Å². The predicted octanol–water partition coefficient (Wildman–Crippen LogP) is 2.09. The number of aryl methyl sites for hydroxylation is 1. The van der Waals surface area contributed by atoms with Gasteiger partial charge in [-0.05, 0) is 19.1 Å². The summed E-state index contributed by atoms with van der Waals surface area (Å²) in [5.41, 5.74) is 2.00. The van der Waals surface area contributed by atoms with Crippen LogP contribution in [0.15, 0.2) is 36.8 Å². The summed E-state index contributed by atoms with van der Waals surface area (Å²) in [7, 11) is 3.92. The van der Waals surface area contributed by atoms with Crippen molar-refractivity contribution in [3.8, 4) is 5.75 Å². The molecule has 0 saturated heterocycles. The van der Waals surface area contributed by atoms with Gasteiger partial charge in [-0.1, -0.05) is 12.1 Å². The number of rotatable bonds is 4. The molecule has 0 aliphatic carbocycles. The van der Waals surface area contributed by atoms with Crippen LogP contribution < -0.4 is 14.5 Å². The van der Waals surface area contributed by atoms with Crippen LogP contribution in [0.4, 0.5) is 11.5 Å². The Hall–Kier alpha value is -2.83. The first kappa shape index (κ1) is 15.7. The van der Waals surface area contributed by atoms with Gasteiger partial charge in [-0.3, -0.25) is 4.68 Å². The lowest BCUT2D eigenvalue weighted by Crippen LogP contribution is -2.45. The molecule has 0 radical (unpaired) electrons. The van der Waals surface area contributed by atoms with Gasteiger partial charge in [-0.25, -0.2) is 9.97 Å². The largest absolute Gasteiger partial charge is 0.485 e. The maximum absolute atomic E-state index is 6.23. The lowest BCUT2D eigenvalue weighted by atomic mass is 10.2. The summed E-state index contributed by atoms with van der Waals surface area (Å²) in [6, 6.07) is 8.22. The average Bonchev–Trinajstić information content (AvgIpc) is 3.02. The van der Waals surface area contributed by atoms with Gasteiger partial charge in [0.15, 0.2) is 5.65 Å². The smallest absolute Gasteiger partial charge is 0.163 e. The predicted molar refractivity (Wildman–Crippen MR) is 98.3 cm³/mol. The number of aromatic nitrogens is 4. The Morgan fingerprint density at radius 2 is 2.12 bits per heavy atom. The number of anilines is 2. The van der Waals surface area contributed by atoms with E-state index in [0.29, 0.717) is 0 Å². The number of para-hydroxylation sites is 2. The lowest BCUT2D eigenvalue weighted by Gasteiger charge is -2.37. The van der Waals surface area contributed by atoms with Crippen molar-refractivity contribution in [2.24, 2.45) is 7.05 Å². The number of fused-ring (bicyclic) bond motifs is 2. The average molecular weight is 338 g/mol. The van der Waals surface area contributed by atoms with E-state index in [2.05, 4.69) is 43.9 Å². The van der Waals surface area contributed by atoms with E-state index in [0.717, 1.165) is 42.2 Å². The van der Waals surface area contributed by atoms with Crippen molar-refractivity contribution in [2.75, 3.05) is 36.5 Å². The number of likely N-dealkylation sites (N-methyl/N-ethyl adjacent to an activating group) is 2. The molecule has 1 aliphatic heterocycles. The van der Waals surface area contributed by atoms with Gasteiger partial charge in [-0.15, -0.1) is 0 Å². The van der Waals surface area contributed by atoms with Gasteiger partial charge in [-0.2, -0.15) is 5.10 Å². The molecule has 0 fully saturated rings. The van der Waals surface area contributed by atoms with E-state index in [9.17, 15) is 0 Å². The molecule has 0 spiro atoms. The highest BCUT2D eigenvalue weighted by Gasteiger charge is 2.26. The van der Waals surface area contributed by atoms with Gasteiger partial charge in [0, 0.05) is 20.6 Å². The molecule has 2 aromatic heterocycles. The third-order valence-electron chi connectivity index (χ3n) is 4.65. The number of ether oxygens (including phenoxy) is 1. The molecular formula is C18H22N6O. The Balaban J connectivity index is 1.58. The molecule has 0 saturated carbocycles. The van der Waals surface area contributed by atoms with E-state index in [1.807, 2.05) is 32.4 Å². The van der Waals surface area contributed by atoms with Crippen LogP contribution >= 0.6 is 0 Å². The summed E-state index contributed by atoms with van der Waals surface area (Å²) in [5.74, 6) is 1.83. The molecule has 1 atom stereocenters. The second-order valence-corrected chi connectivity index (χ2v) is 6.33. The van der Waals surface area contributed by atoms with Crippen molar-refractivity contribution in [3.63, 3.8) is 0 Å². The molecule has 4 rings (SSSR count). The zero-order valence-corrected chi connectivity index (χ0v) is 14.8. The fourth-order valence-corrected chi connectivity index (χ4v) is 3.42. The van der Waals surface area contributed by atoms with Crippen LogP contribution in [0.5, 0.6) is 5.75 Å². The van der Waals surface area contributed by atoms with Gasteiger partial charge in [0.25, 0.3) is 0 Å². The molecule has 0 amide bonds. The van der Waals surface area contributed by atoms with Crippen LogP contribution in [0, 0.1) is 0 Å². The van der Waals surface area contributed by atoms with E-state index in [1.54, 1.807) is 11.0 Å². The van der Waals surface area contributed by atoms with Gasteiger partial charge in [0.05, 0.1) is 30.4 Å². The molecule has 3 aromatic rings. The minimum absolute atomic E-state index is 0.0709. The number of benzene rings is 1. The van der Waals surface area contributed by atoms with Crippen molar-refractivity contribution in [2.45, 2.75) is 13.0 Å². The molecule has 7 heteroatoms. The quantitative estimate of drug-likeness (QED) is 0.726. The molecule has 7 nitrogen and oxygen atoms in total. The summed E-state index contributed by atoms with van der Waals surface area (Å²) in [5, 5.41) is 5.24. The van der Waals surface area contributed by atoms with Crippen LogP contribution in [0.25, 0.3) is 11.0 Å². The summed E-state index contributed by atoms with van der Waals surface area (Å²) in [6.07, 6.45) is 3.48. The van der Waals surface area contributed by atoms with E-state index in [-0.39, 0.29) is 6.10 Å². The molecule has 3 heterocycles. The molecule has 130 valence electrons. The Morgan fingerprint density at radius 1 is 1.28 bits per heavy atom. The SMILES string of the molecule is CCN1C[C@H](CN(C)c2ncnc3c2cnn3C)Oc2ccccc21. The van der Waals surface area contributed by atoms with Crippen LogP contribution in [0.2, 0.25) is 0 Å². The third kappa shape index (κ3) is 2.75. The first-order chi connectivity index (χ1) is 12.2. The summed E-state index contributed by atoms with van der Waals surface area (Å²) in [6.45, 7) is 4.73. The third-order valence-corrected chi connectivity index (χ3v) is 4.65. The Morgan fingerprint density at radius 3 is 2.96 bits per heavy atom. The van der Waals surface area contributed by atoms with Gasteiger partial charge < -0.3 is 14.5 Å². The summed E-state index contributed by atoms with van der Waals surface area (Å²) >= 11 is 0. The molecule has 0 bridgehead atoms. The Bertz CT molecular complexity index is 892. The van der Waals surface area contributed by atoms with Gasteiger partial charge >= 0.3 is 0 Å². The van der Waals surface area contributed by atoms with Gasteiger partial charge in [0.2, 0.25) is 0 Å². The fraction of sp³-hybridized carbons (Fsp3) is 0.389. The van der Waals surface area contributed by atoms with E-state index < -0.39 is 0 Å². The molecule has 0 N–H and O–H groups in total. The monoisotopic (exact) mass is 338 g/mol. The van der Waals surface area contributed by atoms with Crippen molar-refractivity contribution in [3.05, 3.63) is 36.8 Å². The highest BCUT2D eigenvalue weighted by Crippen LogP contribution is 2.33. The van der Waals surface area contributed by atoms with Crippen molar-refractivity contribution in [1.29, 1.82) is 0 Å². The van der Waals surface area contributed by atoms with Crippen LogP contribution in [-0.2, 0) is 7.05 Å². The Kier molecular flexibility index (Phi) is 3.91. The van der Waals surface area contributed by atoms with Crippen molar-refractivity contribution < 1.29 is 4.74 Å². The van der Waals surface area contributed by atoms with E-state index in [1.165, 1.54) is 5.69 Å². The van der Waals surface area contributed by atoms with Gasteiger partial charge in [0.1, 0.15) is 24.0 Å². The standard InChI is InChI=1S/C18H22N6O/c1-4-24-11-13(25-16-8-6-5-7-15(16)24)10-22(2)17-14-9-21-23(3)18(14)20-12-19-17/h5-9,12-13H,4,10-11H2,1-3H3/t13-/m0/s1. The highest BCUT2D eigenvalue weighted by atomic mass is 16.5. The number of hydrogen-bond acceptors (Lipinski definition) is 6. The minimum Gasteiger partial charge on any atom is -0.485 e. The Labute approximate surface area is 146 Å². The fourth-order valence-electron chi connectivity index (χ4n) is 3.42. The number of nitrogens with zero attached hydrogens (tertiary/aromatic N) is 6. The summed E-state index contributed by atoms with van der Waals surface area (Å²) in [4.78, 5) is 13.3. The normalized spacial score (nSPS) is 16.6. The molecular weight excluding hydrogens is 316 g/mol. The van der Waals surface area contributed by atoms with Crippen LogP contribution in [0.1, 0.15) is 6.92 Å². The minimum atomic E-state index is 0.0709. The first-order valence-electron chi connectivity index (χ1n) is 8.52. The highest BCUT2D eigenvalue weighted by molar-refractivity contribution is 5.86. The molecule has 1 aliphatic rings. The van der Waals surface area contributed by atoms with E-state index >= 15 is 0 Å². The second kappa shape index (κ2) is 6.23. The maximum Gasteiger partial charge on any atom is 0.163 e. The molecule has 1 aromatic carbocycles. The maximum atomic E-state index is 6.23. The van der Waals surface area contributed by atoms with Crippen molar-refractivity contribution >= 4 is 22.5 Å². The van der Waals surface area contributed by atoms with Crippen LogP contribution in [0.3, 0.4) is 0 Å². The molecule has 25 heavy (non-hydrogen) atoms. The second-order valence-electron chi connectivity index (χ2n) is 6.33. The lowest BCUT2D eigenvalue weighted by molar-refractivity contribution is 0.200. The first-order valence-corrected chi connectivity index (χ1v) is 8.52. The topological polar surface area (TPSA) is 59.3 Å². The zero-order valence-electron chi connectivity index (χ0n) is 14.8.